The molecule has 0 saturated carbocycles. The van der Waals surface area contributed by atoms with Crippen LogP contribution in [-0.4, -0.2) is 11.3 Å². The van der Waals surface area contributed by atoms with Crippen LogP contribution >= 0.6 is 0 Å². The van der Waals surface area contributed by atoms with Crippen molar-refractivity contribution in [2.75, 3.05) is 0 Å². The number of hydrogen-bond acceptors (Lipinski definition) is 2. The van der Waals surface area contributed by atoms with E-state index in [2.05, 4.69) is 133 Å². The minimum absolute atomic E-state index is 0.0957. The minimum atomic E-state index is -0.271. The highest BCUT2D eigenvalue weighted by Gasteiger charge is 2.36. The molecule has 1 N–H and O–H groups in total. The Kier molecular flexibility index (Phi) is 6.40. The molecule has 0 aliphatic heterocycles. The zero-order chi connectivity index (χ0) is 32.6. The van der Waals surface area contributed by atoms with E-state index in [-0.39, 0.29) is 17.3 Å². The lowest BCUT2D eigenvalue weighted by Crippen LogP contribution is -2.25. The summed E-state index contributed by atoms with van der Waals surface area (Å²) in [7, 11) is 0. The number of rotatable bonds is 6. The molecular formula is C44H34FN3. The zero-order valence-electron chi connectivity index (χ0n) is 27.0. The fourth-order valence-electron chi connectivity index (χ4n) is 8.15. The van der Waals surface area contributed by atoms with Crippen molar-refractivity contribution in [3.8, 4) is 11.1 Å². The van der Waals surface area contributed by atoms with Crippen LogP contribution in [0.15, 0.2) is 138 Å². The number of halogens is 1. The Balaban J connectivity index is 1.27. The molecule has 232 valence electrons. The van der Waals surface area contributed by atoms with Crippen molar-refractivity contribution < 1.29 is 4.39 Å². The van der Waals surface area contributed by atoms with E-state index in [4.69, 9.17) is 0 Å². The van der Waals surface area contributed by atoms with Crippen molar-refractivity contribution >= 4 is 55.8 Å². The highest BCUT2D eigenvalue weighted by Crippen LogP contribution is 2.51. The second kappa shape index (κ2) is 10.7. The number of aromatic nitrogens is 1. The van der Waals surface area contributed by atoms with Gasteiger partial charge in [-0.3, -0.25) is 10.3 Å². The molecule has 1 heterocycles. The van der Waals surface area contributed by atoms with Gasteiger partial charge in [0.2, 0.25) is 0 Å². The summed E-state index contributed by atoms with van der Waals surface area (Å²) in [5.41, 5.74) is 10.4. The molecule has 1 unspecified atom stereocenters. The number of benzene rings is 7. The van der Waals surface area contributed by atoms with E-state index in [0.717, 1.165) is 27.6 Å². The fraction of sp³-hybridized carbons (Fsp3) is 0.114. The summed E-state index contributed by atoms with van der Waals surface area (Å²) in [6.07, 6.45) is 0. The summed E-state index contributed by atoms with van der Waals surface area (Å²) in [6, 6.07) is 45.8. The van der Waals surface area contributed by atoms with Gasteiger partial charge >= 0.3 is 0 Å². The van der Waals surface area contributed by atoms with Crippen LogP contribution in [0.4, 0.5) is 10.1 Å². The van der Waals surface area contributed by atoms with Crippen LogP contribution in [0.1, 0.15) is 42.1 Å². The predicted octanol–water partition coefficient (Wildman–Crippen LogP) is 11.2. The first kappa shape index (κ1) is 28.6. The molecule has 8 aromatic rings. The van der Waals surface area contributed by atoms with E-state index < -0.39 is 0 Å². The standard InChI is InChI=1S/C44H34FN3/c1-44(2)38-15-9-8-14-33(38)36-25-40-37(24-39(36)44)34-22-18-28-11-5-7-13-32(28)43(34)48(40)26-47-41(29-16-20-30(45)21-17-29)35-23-19-27-10-4-6-12-31(27)42(35)46-3/h4-25,41,47H,3,26H2,1-2H3. The van der Waals surface area contributed by atoms with Crippen molar-refractivity contribution in [1.29, 1.82) is 0 Å². The van der Waals surface area contributed by atoms with Crippen LogP contribution in [0, 0.1) is 5.82 Å². The normalized spacial score (nSPS) is 14.1. The Morgan fingerprint density at radius 1 is 0.688 bits per heavy atom. The maximum Gasteiger partial charge on any atom is 0.123 e. The van der Waals surface area contributed by atoms with Gasteiger partial charge in [-0.2, -0.15) is 0 Å². The maximum absolute atomic E-state index is 14.2. The third-order valence-corrected chi connectivity index (χ3v) is 10.5. The van der Waals surface area contributed by atoms with Gasteiger partial charge in [0.15, 0.2) is 0 Å². The third kappa shape index (κ3) is 4.19. The molecule has 0 spiro atoms. The van der Waals surface area contributed by atoms with Gasteiger partial charge in [-0.15, -0.1) is 0 Å². The first-order valence-electron chi connectivity index (χ1n) is 16.5. The second-order valence-electron chi connectivity index (χ2n) is 13.4. The fourth-order valence-corrected chi connectivity index (χ4v) is 8.15. The second-order valence-corrected chi connectivity index (χ2v) is 13.4. The molecule has 48 heavy (non-hydrogen) atoms. The molecule has 0 bridgehead atoms. The summed E-state index contributed by atoms with van der Waals surface area (Å²) >= 11 is 0. The van der Waals surface area contributed by atoms with Gasteiger partial charge in [0.1, 0.15) is 5.82 Å². The molecule has 0 amide bonds. The van der Waals surface area contributed by atoms with Gasteiger partial charge < -0.3 is 4.57 Å². The van der Waals surface area contributed by atoms with Crippen LogP contribution in [-0.2, 0) is 12.1 Å². The van der Waals surface area contributed by atoms with Gasteiger partial charge in [-0.25, -0.2) is 4.39 Å². The first-order chi connectivity index (χ1) is 23.4. The van der Waals surface area contributed by atoms with E-state index in [1.165, 1.54) is 67.0 Å². The Morgan fingerprint density at radius 2 is 1.38 bits per heavy atom. The molecule has 0 fully saturated rings. The van der Waals surface area contributed by atoms with Crippen molar-refractivity contribution in [2.24, 2.45) is 4.99 Å². The number of nitrogens with zero attached hydrogens (tertiary/aromatic N) is 2. The Morgan fingerprint density at radius 3 is 2.17 bits per heavy atom. The van der Waals surface area contributed by atoms with Crippen LogP contribution in [0.2, 0.25) is 0 Å². The molecule has 0 saturated heterocycles. The van der Waals surface area contributed by atoms with Gasteiger partial charge in [0.05, 0.1) is 29.4 Å². The van der Waals surface area contributed by atoms with Gasteiger partial charge in [0.25, 0.3) is 0 Å². The molecule has 1 aliphatic carbocycles. The Hall–Kier alpha value is -5.58. The monoisotopic (exact) mass is 623 g/mol. The molecular weight excluding hydrogens is 590 g/mol. The highest BCUT2D eigenvalue weighted by atomic mass is 19.1. The predicted molar refractivity (Wildman–Crippen MR) is 199 cm³/mol. The molecule has 0 radical (unpaired) electrons. The SMILES string of the molecule is C=Nc1c(C(NCn2c3cc4c(cc3c3ccc5ccccc5c32)C(C)(C)c2ccccc2-4)c2ccc(F)cc2)ccc2ccccc12. The lowest BCUT2D eigenvalue weighted by atomic mass is 9.82. The molecule has 1 aliphatic rings. The van der Waals surface area contributed by atoms with Gasteiger partial charge in [0, 0.05) is 27.0 Å². The van der Waals surface area contributed by atoms with Crippen LogP contribution in [0.25, 0.3) is 54.5 Å². The summed E-state index contributed by atoms with van der Waals surface area (Å²) in [4.78, 5) is 4.55. The first-order valence-corrected chi connectivity index (χ1v) is 16.5. The van der Waals surface area contributed by atoms with Crippen molar-refractivity contribution in [2.45, 2.75) is 32.0 Å². The minimum Gasteiger partial charge on any atom is -0.326 e. The molecule has 4 heteroatoms. The van der Waals surface area contributed by atoms with Crippen molar-refractivity contribution in [3.05, 3.63) is 162 Å². The Bertz CT molecular complexity index is 2570. The van der Waals surface area contributed by atoms with E-state index >= 15 is 0 Å². The third-order valence-electron chi connectivity index (χ3n) is 10.5. The summed E-state index contributed by atoms with van der Waals surface area (Å²) in [5.74, 6) is -0.260. The van der Waals surface area contributed by atoms with E-state index in [1.807, 2.05) is 24.3 Å². The lowest BCUT2D eigenvalue weighted by molar-refractivity contribution is 0.526. The quantitative estimate of drug-likeness (QED) is 0.184. The molecule has 3 nitrogen and oxygen atoms in total. The topological polar surface area (TPSA) is 29.3 Å². The van der Waals surface area contributed by atoms with Crippen molar-refractivity contribution in [3.63, 3.8) is 0 Å². The van der Waals surface area contributed by atoms with E-state index in [9.17, 15) is 4.39 Å². The van der Waals surface area contributed by atoms with Crippen LogP contribution in [0.3, 0.4) is 0 Å². The highest BCUT2D eigenvalue weighted by molar-refractivity contribution is 6.18. The molecule has 1 atom stereocenters. The van der Waals surface area contributed by atoms with Crippen molar-refractivity contribution in [1.82, 2.24) is 9.88 Å². The number of nitrogens with one attached hydrogen (secondary N) is 1. The summed E-state index contributed by atoms with van der Waals surface area (Å²) in [6.45, 7) is 9.17. The maximum atomic E-state index is 14.2. The van der Waals surface area contributed by atoms with E-state index in [1.54, 1.807) is 0 Å². The number of aliphatic imine (C=N–C) groups is 1. The average Bonchev–Trinajstić information content (AvgIpc) is 3.55. The lowest BCUT2D eigenvalue weighted by Gasteiger charge is -2.24. The number of hydrogen-bond donors (Lipinski definition) is 1. The van der Waals surface area contributed by atoms with Crippen LogP contribution < -0.4 is 5.32 Å². The zero-order valence-corrected chi connectivity index (χ0v) is 27.0. The average molecular weight is 624 g/mol. The smallest absolute Gasteiger partial charge is 0.123 e. The van der Waals surface area contributed by atoms with Crippen LogP contribution in [0.5, 0.6) is 0 Å². The largest absolute Gasteiger partial charge is 0.326 e. The van der Waals surface area contributed by atoms with Gasteiger partial charge in [-0.1, -0.05) is 123 Å². The summed E-state index contributed by atoms with van der Waals surface area (Å²) < 4.78 is 16.7. The van der Waals surface area contributed by atoms with E-state index in [0.29, 0.717) is 6.67 Å². The summed E-state index contributed by atoms with van der Waals surface area (Å²) in [5, 5.41) is 11.0. The van der Waals surface area contributed by atoms with Gasteiger partial charge in [-0.05, 0) is 75.1 Å². The Labute approximate surface area is 279 Å². The molecule has 1 aromatic heterocycles. The molecule has 7 aromatic carbocycles. The molecule has 9 rings (SSSR count). The number of fused-ring (bicyclic) bond motifs is 9.